The van der Waals surface area contributed by atoms with Gasteiger partial charge in [0.05, 0.1) is 22.8 Å². The molecule has 1 heterocycles. The van der Waals surface area contributed by atoms with Gasteiger partial charge < -0.3 is 4.90 Å². The number of carbonyl (C=O) groups is 1. The first kappa shape index (κ1) is 18.9. The molecule has 0 spiro atoms. The zero-order valence-corrected chi connectivity index (χ0v) is 14.3. The number of nitriles is 1. The molecule has 0 unspecified atom stereocenters. The predicted octanol–water partition coefficient (Wildman–Crippen LogP) is 5.01. The molecule has 27 heavy (non-hydrogen) atoms. The number of hydrogen-bond donors (Lipinski definition) is 0. The molecule has 3 rings (SSSR count). The van der Waals surface area contributed by atoms with Crippen LogP contribution in [0, 0.1) is 17.1 Å². The Balaban J connectivity index is 2.10. The lowest BCUT2D eigenvalue weighted by atomic mass is 9.94. The number of amides is 1. The highest BCUT2D eigenvalue weighted by molar-refractivity contribution is 6.01. The molecule has 0 atom stereocenters. The summed E-state index contributed by atoms with van der Waals surface area (Å²) >= 11 is 0. The third-order valence-corrected chi connectivity index (χ3v) is 4.61. The van der Waals surface area contributed by atoms with Crippen molar-refractivity contribution >= 4 is 5.91 Å². The van der Waals surface area contributed by atoms with Gasteiger partial charge in [0.2, 0.25) is 0 Å². The van der Waals surface area contributed by atoms with E-state index in [1.54, 1.807) is 4.90 Å². The van der Waals surface area contributed by atoms with E-state index in [2.05, 4.69) is 0 Å². The van der Waals surface area contributed by atoms with Gasteiger partial charge in [-0.25, -0.2) is 4.39 Å². The van der Waals surface area contributed by atoms with Crippen molar-refractivity contribution in [1.82, 2.24) is 4.90 Å². The average molecular weight is 376 g/mol. The number of piperidine rings is 1. The van der Waals surface area contributed by atoms with Crippen LogP contribution in [0.25, 0.3) is 11.1 Å². The fourth-order valence-electron chi connectivity index (χ4n) is 3.26. The standard InChI is InChI=1S/C20H16F4N2O/c21-15-6-7-16(17(11-15)19(27)26-8-2-1-3-9-26)13-4-5-14(12-25)18(10-13)20(22,23)24/h4-7,10-11H,1-3,8-9H2. The molecule has 3 nitrogen and oxygen atoms in total. The summed E-state index contributed by atoms with van der Waals surface area (Å²) in [5, 5.41) is 8.93. The number of rotatable bonds is 2. The largest absolute Gasteiger partial charge is 0.417 e. The number of hydrogen-bond acceptors (Lipinski definition) is 2. The van der Waals surface area contributed by atoms with Crippen molar-refractivity contribution in [2.24, 2.45) is 0 Å². The molecule has 1 fully saturated rings. The molecular formula is C20H16F4N2O. The smallest absolute Gasteiger partial charge is 0.339 e. The molecule has 0 saturated carbocycles. The van der Waals surface area contributed by atoms with Crippen molar-refractivity contribution < 1.29 is 22.4 Å². The Hall–Kier alpha value is -2.88. The Morgan fingerprint density at radius 1 is 1.04 bits per heavy atom. The maximum Gasteiger partial charge on any atom is 0.417 e. The summed E-state index contributed by atoms with van der Waals surface area (Å²) < 4.78 is 53.6. The van der Waals surface area contributed by atoms with E-state index in [-0.39, 0.29) is 16.7 Å². The second-order valence-corrected chi connectivity index (χ2v) is 6.41. The third kappa shape index (κ3) is 3.95. The zero-order valence-electron chi connectivity index (χ0n) is 14.3. The summed E-state index contributed by atoms with van der Waals surface area (Å²) in [6, 6.07) is 8.22. The molecule has 1 aliphatic rings. The molecule has 1 amide bonds. The van der Waals surface area contributed by atoms with E-state index < -0.39 is 29.0 Å². The van der Waals surface area contributed by atoms with Gasteiger partial charge in [0.15, 0.2) is 0 Å². The quantitative estimate of drug-likeness (QED) is 0.692. The lowest BCUT2D eigenvalue weighted by molar-refractivity contribution is -0.137. The maximum atomic E-state index is 13.8. The van der Waals surface area contributed by atoms with E-state index in [1.807, 2.05) is 0 Å². The van der Waals surface area contributed by atoms with E-state index >= 15 is 0 Å². The minimum atomic E-state index is -4.71. The average Bonchev–Trinajstić information content (AvgIpc) is 2.67. The molecule has 0 bridgehead atoms. The lowest BCUT2D eigenvalue weighted by Gasteiger charge is -2.27. The van der Waals surface area contributed by atoms with Gasteiger partial charge in [0, 0.05) is 13.1 Å². The molecule has 0 N–H and O–H groups in total. The highest BCUT2D eigenvalue weighted by atomic mass is 19.4. The highest BCUT2D eigenvalue weighted by Gasteiger charge is 2.34. The van der Waals surface area contributed by atoms with Gasteiger partial charge in [0.25, 0.3) is 5.91 Å². The van der Waals surface area contributed by atoms with Gasteiger partial charge in [0.1, 0.15) is 5.82 Å². The molecule has 2 aromatic rings. The monoisotopic (exact) mass is 376 g/mol. The second kappa shape index (κ2) is 7.39. The Morgan fingerprint density at radius 3 is 2.37 bits per heavy atom. The molecule has 1 aliphatic heterocycles. The van der Waals surface area contributed by atoms with Crippen LogP contribution in [0.5, 0.6) is 0 Å². The SMILES string of the molecule is N#Cc1ccc(-c2ccc(F)cc2C(=O)N2CCCCC2)cc1C(F)(F)F. The summed E-state index contributed by atoms with van der Waals surface area (Å²) in [7, 11) is 0. The highest BCUT2D eigenvalue weighted by Crippen LogP contribution is 2.36. The van der Waals surface area contributed by atoms with Crippen molar-refractivity contribution in [2.75, 3.05) is 13.1 Å². The van der Waals surface area contributed by atoms with Crippen LogP contribution in [0.4, 0.5) is 17.6 Å². The van der Waals surface area contributed by atoms with Crippen LogP contribution in [-0.2, 0) is 6.18 Å². The van der Waals surface area contributed by atoms with Gasteiger partial charge >= 0.3 is 6.18 Å². The molecule has 140 valence electrons. The summed E-state index contributed by atoms with van der Waals surface area (Å²) in [5.74, 6) is -1.04. The van der Waals surface area contributed by atoms with Crippen LogP contribution in [-0.4, -0.2) is 23.9 Å². The van der Waals surface area contributed by atoms with E-state index in [0.29, 0.717) is 13.1 Å². The van der Waals surface area contributed by atoms with Crippen molar-refractivity contribution in [1.29, 1.82) is 5.26 Å². The van der Waals surface area contributed by atoms with E-state index in [1.165, 1.54) is 18.2 Å². The Bertz CT molecular complexity index is 909. The van der Waals surface area contributed by atoms with Gasteiger partial charge in [-0.1, -0.05) is 12.1 Å². The summed E-state index contributed by atoms with van der Waals surface area (Å²) in [5.41, 5.74) is -1.24. The summed E-state index contributed by atoms with van der Waals surface area (Å²) in [6.45, 7) is 1.08. The van der Waals surface area contributed by atoms with Crippen LogP contribution in [0.2, 0.25) is 0 Å². The van der Waals surface area contributed by atoms with Gasteiger partial charge in [-0.2, -0.15) is 18.4 Å². The number of halogens is 4. The second-order valence-electron chi connectivity index (χ2n) is 6.41. The molecular weight excluding hydrogens is 360 g/mol. The first-order valence-corrected chi connectivity index (χ1v) is 8.52. The van der Waals surface area contributed by atoms with Gasteiger partial charge in [-0.05, 0) is 54.7 Å². The van der Waals surface area contributed by atoms with Crippen molar-refractivity contribution in [3.63, 3.8) is 0 Å². The summed E-state index contributed by atoms with van der Waals surface area (Å²) in [6.07, 6.45) is -2.03. The number of likely N-dealkylation sites (tertiary alicyclic amines) is 1. The van der Waals surface area contributed by atoms with E-state index in [9.17, 15) is 22.4 Å². The van der Waals surface area contributed by atoms with Crippen molar-refractivity contribution in [2.45, 2.75) is 25.4 Å². The molecule has 0 aliphatic carbocycles. The van der Waals surface area contributed by atoms with Crippen molar-refractivity contribution in [3.8, 4) is 17.2 Å². The van der Waals surface area contributed by atoms with E-state index in [4.69, 9.17) is 5.26 Å². The number of alkyl halides is 3. The van der Waals surface area contributed by atoms with Crippen LogP contribution < -0.4 is 0 Å². The first-order chi connectivity index (χ1) is 12.8. The van der Waals surface area contributed by atoms with Crippen molar-refractivity contribution in [3.05, 3.63) is 58.9 Å². The first-order valence-electron chi connectivity index (χ1n) is 8.52. The minimum absolute atomic E-state index is 0.0229. The molecule has 1 saturated heterocycles. The van der Waals surface area contributed by atoms with Crippen LogP contribution in [0.15, 0.2) is 36.4 Å². The molecule has 0 radical (unpaired) electrons. The number of benzene rings is 2. The zero-order chi connectivity index (χ0) is 19.6. The Labute approximate surface area is 153 Å². The van der Waals surface area contributed by atoms with Crippen LogP contribution in [0.3, 0.4) is 0 Å². The lowest BCUT2D eigenvalue weighted by Crippen LogP contribution is -2.35. The number of nitrogens with zero attached hydrogens (tertiary/aromatic N) is 2. The van der Waals surface area contributed by atoms with Crippen LogP contribution >= 0.6 is 0 Å². The molecule has 2 aromatic carbocycles. The molecule has 7 heteroatoms. The fraction of sp³-hybridized carbons (Fsp3) is 0.300. The third-order valence-electron chi connectivity index (χ3n) is 4.61. The predicted molar refractivity (Wildman–Crippen MR) is 91.3 cm³/mol. The Kier molecular flexibility index (Phi) is 5.17. The minimum Gasteiger partial charge on any atom is -0.339 e. The fourth-order valence-corrected chi connectivity index (χ4v) is 3.26. The Morgan fingerprint density at radius 2 is 1.74 bits per heavy atom. The normalized spacial score (nSPS) is 14.7. The topological polar surface area (TPSA) is 44.1 Å². The summed E-state index contributed by atoms with van der Waals surface area (Å²) in [4.78, 5) is 14.4. The van der Waals surface area contributed by atoms with Gasteiger partial charge in [-0.3, -0.25) is 4.79 Å². The van der Waals surface area contributed by atoms with Crippen LogP contribution in [0.1, 0.15) is 40.7 Å². The molecule has 0 aromatic heterocycles. The number of carbonyl (C=O) groups excluding carboxylic acids is 1. The van der Waals surface area contributed by atoms with E-state index in [0.717, 1.165) is 43.5 Å². The van der Waals surface area contributed by atoms with Gasteiger partial charge in [-0.15, -0.1) is 0 Å². The maximum absolute atomic E-state index is 13.8.